The second-order valence-corrected chi connectivity index (χ2v) is 10.2. The zero-order chi connectivity index (χ0) is 27.6. The number of anilines is 1. The molecule has 0 saturated carbocycles. The Hall–Kier alpha value is -4.44. The second-order valence-electron chi connectivity index (χ2n) is 10.2. The van der Waals surface area contributed by atoms with Gasteiger partial charge in [0.2, 0.25) is 17.8 Å². The zero-order valence-corrected chi connectivity index (χ0v) is 21.7. The first-order valence-electron chi connectivity index (χ1n) is 13.3. The normalized spacial score (nSPS) is 17.7. The Morgan fingerprint density at radius 3 is 2.73 bits per heavy atom. The standard InChI is InChI=1S/C30H28F2N6O2/c31-23-3-1-2-20(14-23)19-9-12-38(13-10-19)28(39)18-37-11-8-22(17-37)30(40)34-24-5-6-26-25(15-24)29(36-35-26)21-4-7-27(32)33-16-21/h1-7,9,14-16,22H,8,10-13,17-18H2,(H,34,40)(H,35,36). The van der Waals surface area contributed by atoms with Crippen molar-refractivity contribution in [3.05, 3.63) is 84.2 Å². The summed E-state index contributed by atoms with van der Waals surface area (Å²) in [6, 6.07) is 14.9. The smallest absolute Gasteiger partial charge is 0.237 e. The number of fused-ring (bicyclic) bond motifs is 1. The Bertz CT molecular complexity index is 1600. The number of pyridine rings is 1. The van der Waals surface area contributed by atoms with Gasteiger partial charge < -0.3 is 10.2 Å². The van der Waals surface area contributed by atoms with Crippen LogP contribution in [-0.4, -0.2) is 69.5 Å². The summed E-state index contributed by atoms with van der Waals surface area (Å²) in [5.41, 5.74) is 4.63. The van der Waals surface area contributed by atoms with Crippen molar-refractivity contribution in [2.24, 2.45) is 5.92 Å². The van der Waals surface area contributed by atoms with Crippen LogP contribution in [0.2, 0.25) is 0 Å². The molecule has 1 fully saturated rings. The van der Waals surface area contributed by atoms with E-state index in [0.717, 1.165) is 22.0 Å². The summed E-state index contributed by atoms with van der Waals surface area (Å²) in [6.07, 6.45) is 4.77. The minimum atomic E-state index is -0.563. The summed E-state index contributed by atoms with van der Waals surface area (Å²) < 4.78 is 26.8. The topological polar surface area (TPSA) is 94.2 Å². The molecule has 1 atom stereocenters. The predicted molar refractivity (Wildman–Crippen MR) is 148 cm³/mol. The molecule has 8 nitrogen and oxygen atoms in total. The monoisotopic (exact) mass is 542 g/mol. The fraction of sp³-hybridized carbons (Fsp3) is 0.267. The predicted octanol–water partition coefficient (Wildman–Crippen LogP) is 4.48. The quantitative estimate of drug-likeness (QED) is 0.351. The molecule has 4 aromatic rings. The Morgan fingerprint density at radius 1 is 1.05 bits per heavy atom. The van der Waals surface area contributed by atoms with Gasteiger partial charge in [-0.2, -0.15) is 9.49 Å². The first-order valence-corrected chi connectivity index (χ1v) is 13.3. The molecule has 2 aliphatic rings. The lowest BCUT2D eigenvalue weighted by molar-refractivity contribution is -0.132. The molecule has 0 aliphatic carbocycles. The molecule has 2 aromatic heterocycles. The third kappa shape index (κ3) is 5.48. The van der Waals surface area contributed by atoms with E-state index in [4.69, 9.17) is 0 Å². The van der Waals surface area contributed by atoms with Gasteiger partial charge in [-0.1, -0.05) is 18.2 Å². The maximum absolute atomic E-state index is 13.6. The number of nitrogens with one attached hydrogen (secondary N) is 2. The van der Waals surface area contributed by atoms with Crippen LogP contribution in [0, 0.1) is 17.7 Å². The summed E-state index contributed by atoms with van der Waals surface area (Å²) >= 11 is 0. The summed E-state index contributed by atoms with van der Waals surface area (Å²) in [4.78, 5) is 33.6. The van der Waals surface area contributed by atoms with Crippen LogP contribution in [0.1, 0.15) is 18.4 Å². The minimum Gasteiger partial charge on any atom is -0.338 e. The van der Waals surface area contributed by atoms with E-state index >= 15 is 0 Å². The molecule has 1 unspecified atom stereocenters. The third-order valence-electron chi connectivity index (χ3n) is 7.59. The van der Waals surface area contributed by atoms with Crippen LogP contribution in [0.5, 0.6) is 0 Å². The molecule has 1 saturated heterocycles. The van der Waals surface area contributed by atoms with E-state index in [9.17, 15) is 18.4 Å². The van der Waals surface area contributed by atoms with E-state index in [-0.39, 0.29) is 30.1 Å². The van der Waals surface area contributed by atoms with Gasteiger partial charge in [-0.05, 0) is 73.0 Å². The minimum absolute atomic E-state index is 0.0313. The number of rotatable bonds is 6. The summed E-state index contributed by atoms with van der Waals surface area (Å²) in [5.74, 6) is -1.12. The molecule has 204 valence electrons. The van der Waals surface area contributed by atoms with Gasteiger partial charge in [-0.25, -0.2) is 9.37 Å². The molecule has 6 rings (SSSR count). The van der Waals surface area contributed by atoms with E-state index < -0.39 is 5.95 Å². The number of hydrogen-bond acceptors (Lipinski definition) is 5. The lowest BCUT2D eigenvalue weighted by Gasteiger charge is -2.28. The van der Waals surface area contributed by atoms with Gasteiger partial charge in [0.15, 0.2) is 0 Å². The van der Waals surface area contributed by atoms with Crippen LogP contribution in [-0.2, 0) is 9.59 Å². The number of H-pyrrole nitrogens is 1. The average Bonchev–Trinajstić information content (AvgIpc) is 3.61. The molecule has 0 spiro atoms. The number of aromatic amines is 1. The van der Waals surface area contributed by atoms with Crippen LogP contribution in [0.25, 0.3) is 27.7 Å². The van der Waals surface area contributed by atoms with Crippen molar-refractivity contribution in [2.75, 3.05) is 38.0 Å². The summed E-state index contributed by atoms with van der Waals surface area (Å²) in [5, 5.41) is 11.1. The van der Waals surface area contributed by atoms with Gasteiger partial charge in [0.1, 0.15) is 11.5 Å². The summed E-state index contributed by atoms with van der Waals surface area (Å²) in [6.45, 7) is 2.53. The van der Waals surface area contributed by atoms with E-state index in [1.165, 1.54) is 24.4 Å². The van der Waals surface area contributed by atoms with Crippen molar-refractivity contribution in [3.8, 4) is 11.3 Å². The van der Waals surface area contributed by atoms with E-state index in [1.54, 1.807) is 12.1 Å². The van der Waals surface area contributed by atoms with E-state index in [1.807, 2.05) is 40.1 Å². The highest BCUT2D eigenvalue weighted by atomic mass is 19.1. The van der Waals surface area contributed by atoms with Crippen molar-refractivity contribution in [1.82, 2.24) is 25.0 Å². The second kappa shape index (κ2) is 11.0. The van der Waals surface area contributed by atoms with Crippen LogP contribution in [0.4, 0.5) is 14.5 Å². The van der Waals surface area contributed by atoms with Crippen LogP contribution in [0.3, 0.4) is 0 Å². The summed E-state index contributed by atoms with van der Waals surface area (Å²) in [7, 11) is 0. The molecule has 2 aromatic carbocycles. The van der Waals surface area contributed by atoms with Crippen LogP contribution < -0.4 is 5.32 Å². The molecule has 40 heavy (non-hydrogen) atoms. The molecule has 4 heterocycles. The highest BCUT2D eigenvalue weighted by molar-refractivity contribution is 5.99. The number of hydrogen-bond donors (Lipinski definition) is 2. The lowest BCUT2D eigenvalue weighted by atomic mass is 9.99. The highest BCUT2D eigenvalue weighted by Gasteiger charge is 2.31. The number of amides is 2. The van der Waals surface area contributed by atoms with Crippen LogP contribution >= 0.6 is 0 Å². The lowest BCUT2D eigenvalue weighted by Crippen LogP contribution is -2.41. The molecule has 2 aliphatic heterocycles. The first-order chi connectivity index (χ1) is 19.4. The maximum Gasteiger partial charge on any atom is 0.237 e. The number of halogens is 2. The number of carbonyl (C=O) groups is 2. The number of benzene rings is 2. The number of carbonyl (C=O) groups excluding carboxylic acids is 2. The van der Waals surface area contributed by atoms with Gasteiger partial charge >= 0.3 is 0 Å². The van der Waals surface area contributed by atoms with Gasteiger partial charge in [-0.15, -0.1) is 0 Å². The average molecular weight is 543 g/mol. The first kappa shape index (κ1) is 25.8. The van der Waals surface area contributed by atoms with Crippen molar-refractivity contribution in [3.63, 3.8) is 0 Å². The van der Waals surface area contributed by atoms with Crippen molar-refractivity contribution in [1.29, 1.82) is 0 Å². The van der Waals surface area contributed by atoms with Crippen molar-refractivity contribution >= 4 is 34.0 Å². The number of nitrogens with zero attached hydrogens (tertiary/aromatic N) is 4. The van der Waals surface area contributed by atoms with Gasteiger partial charge in [-0.3, -0.25) is 19.6 Å². The third-order valence-corrected chi connectivity index (χ3v) is 7.59. The Kier molecular flexibility index (Phi) is 7.08. The van der Waals surface area contributed by atoms with E-state index in [2.05, 4.69) is 20.5 Å². The van der Waals surface area contributed by atoms with Gasteiger partial charge in [0.25, 0.3) is 0 Å². The molecule has 0 radical (unpaired) electrons. The van der Waals surface area contributed by atoms with Crippen LogP contribution in [0.15, 0.2) is 66.9 Å². The Balaban J connectivity index is 1.04. The molecule has 0 bridgehead atoms. The van der Waals surface area contributed by atoms with Crippen molar-refractivity contribution in [2.45, 2.75) is 12.8 Å². The fourth-order valence-corrected chi connectivity index (χ4v) is 5.40. The number of likely N-dealkylation sites (tertiary alicyclic amines) is 1. The Labute approximate surface area is 229 Å². The fourth-order valence-electron chi connectivity index (χ4n) is 5.40. The largest absolute Gasteiger partial charge is 0.338 e. The Morgan fingerprint density at radius 2 is 1.95 bits per heavy atom. The number of aromatic nitrogens is 3. The molecular formula is C30H28F2N6O2. The van der Waals surface area contributed by atoms with Gasteiger partial charge in [0.05, 0.1) is 18.0 Å². The molecule has 10 heteroatoms. The highest BCUT2D eigenvalue weighted by Crippen LogP contribution is 2.29. The van der Waals surface area contributed by atoms with Gasteiger partial charge in [0, 0.05) is 42.5 Å². The molecule has 2 amide bonds. The SMILES string of the molecule is O=C(Nc1ccc2[nH]nc(-c3ccc(F)nc3)c2c1)C1CCN(CC(=O)N2CC=C(c3cccc(F)c3)CC2)C1. The molecule has 2 N–H and O–H groups in total. The van der Waals surface area contributed by atoms with Crippen molar-refractivity contribution < 1.29 is 18.4 Å². The molecular weight excluding hydrogens is 514 g/mol. The van der Waals surface area contributed by atoms with E-state index in [0.29, 0.717) is 56.0 Å². The zero-order valence-electron chi connectivity index (χ0n) is 21.7. The maximum atomic E-state index is 13.6.